The Bertz CT molecular complexity index is 959. The number of pyridine rings is 1. The van der Waals surface area contributed by atoms with Gasteiger partial charge in [-0.05, 0) is 50.4 Å². The van der Waals surface area contributed by atoms with E-state index in [2.05, 4.69) is 32.1 Å². The fourth-order valence-corrected chi connectivity index (χ4v) is 4.02. The van der Waals surface area contributed by atoms with Gasteiger partial charge in [0.25, 0.3) is 5.56 Å². The van der Waals surface area contributed by atoms with E-state index in [9.17, 15) is 4.79 Å². The first-order chi connectivity index (χ1) is 12.7. The molecule has 1 unspecified atom stereocenters. The number of H-pyrrole nitrogens is 1. The van der Waals surface area contributed by atoms with Crippen molar-refractivity contribution in [3.63, 3.8) is 0 Å². The van der Waals surface area contributed by atoms with Gasteiger partial charge in [0.2, 0.25) is 0 Å². The molecule has 1 N–H and O–H groups in total. The van der Waals surface area contributed by atoms with E-state index >= 15 is 0 Å². The second-order valence-corrected chi connectivity index (χ2v) is 7.08. The second-order valence-electron chi connectivity index (χ2n) is 7.08. The Labute approximate surface area is 152 Å². The lowest BCUT2D eigenvalue weighted by Crippen LogP contribution is -2.33. The Balaban J connectivity index is 1.70. The van der Waals surface area contributed by atoms with Crippen LogP contribution in [0.15, 0.2) is 35.4 Å². The van der Waals surface area contributed by atoms with E-state index in [4.69, 9.17) is 0 Å². The fourth-order valence-electron chi connectivity index (χ4n) is 4.02. The van der Waals surface area contributed by atoms with Gasteiger partial charge >= 0.3 is 0 Å². The molecule has 0 aromatic carbocycles. The van der Waals surface area contributed by atoms with E-state index in [-0.39, 0.29) is 11.6 Å². The molecule has 0 bridgehead atoms. The van der Waals surface area contributed by atoms with Crippen molar-refractivity contribution < 1.29 is 0 Å². The van der Waals surface area contributed by atoms with Gasteiger partial charge in [-0.15, -0.1) is 0 Å². The molecule has 1 aliphatic heterocycles. The zero-order valence-electron chi connectivity index (χ0n) is 15.4. The maximum absolute atomic E-state index is 12.7. The average molecular weight is 351 g/mol. The number of aryl methyl sites for hydroxylation is 1. The molecule has 0 aliphatic carbocycles. The van der Waals surface area contributed by atoms with Crippen LogP contribution >= 0.6 is 0 Å². The second kappa shape index (κ2) is 7.03. The Morgan fingerprint density at radius 3 is 2.85 bits per heavy atom. The lowest BCUT2D eigenvalue weighted by molar-refractivity contribution is 0.137. The number of rotatable bonds is 4. The summed E-state index contributed by atoms with van der Waals surface area (Å²) < 4.78 is 1.61. The van der Waals surface area contributed by atoms with Gasteiger partial charge in [0, 0.05) is 36.3 Å². The minimum atomic E-state index is 0.0257. The summed E-state index contributed by atoms with van der Waals surface area (Å²) in [6.45, 7) is 5.87. The van der Waals surface area contributed by atoms with Gasteiger partial charge < -0.3 is 0 Å². The van der Waals surface area contributed by atoms with Crippen molar-refractivity contribution in [2.24, 2.45) is 0 Å². The van der Waals surface area contributed by atoms with Crippen LogP contribution in [0.5, 0.6) is 0 Å². The van der Waals surface area contributed by atoms with E-state index in [0.717, 1.165) is 36.5 Å². The van der Waals surface area contributed by atoms with Crippen molar-refractivity contribution in [3.05, 3.63) is 63.5 Å². The number of aromatic amines is 1. The van der Waals surface area contributed by atoms with Crippen molar-refractivity contribution in [3.8, 4) is 0 Å². The highest BCUT2D eigenvalue weighted by atomic mass is 16.1. The van der Waals surface area contributed by atoms with Gasteiger partial charge in [-0.3, -0.25) is 19.8 Å². The van der Waals surface area contributed by atoms with E-state index in [1.807, 2.05) is 32.3 Å². The first kappa shape index (κ1) is 17.0. The topological polar surface area (TPSA) is 66.3 Å². The fraction of sp³-hybridized carbons (Fsp3) is 0.450. The summed E-state index contributed by atoms with van der Waals surface area (Å²) in [4.78, 5) is 24.0. The monoisotopic (exact) mass is 351 g/mol. The first-order valence-corrected chi connectivity index (χ1v) is 9.41. The Kier molecular flexibility index (Phi) is 4.59. The smallest absolute Gasteiger partial charge is 0.276 e. The molecular formula is C20H25N5O. The van der Waals surface area contributed by atoms with Crippen LogP contribution in [0.1, 0.15) is 54.7 Å². The molecule has 1 saturated heterocycles. The standard InChI is InChI=1S/C20H25N5O/c1-3-16-14(2)22-19-12-17(23-25(19)20(16)26)18-6-4-5-11-24(18)13-15-7-9-21-10-8-15/h7-10,12,18,23H,3-6,11,13H2,1-2H3. The Morgan fingerprint density at radius 1 is 1.27 bits per heavy atom. The van der Waals surface area contributed by atoms with Crippen molar-refractivity contribution in [1.82, 2.24) is 24.5 Å². The molecule has 136 valence electrons. The SMILES string of the molecule is CCc1c(C)nc2cc(C3CCCCN3Cc3ccncc3)[nH]n2c1=O. The molecular weight excluding hydrogens is 326 g/mol. The molecule has 4 rings (SSSR count). The van der Waals surface area contributed by atoms with E-state index < -0.39 is 0 Å². The predicted molar refractivity (Wildman–Crippen MR) is 101 cm³/mol. The lowest BCUT2D eigenvalue weighted by Gasteiger charge is -2.35. The third-order valence-electron chi connectivity index (χ3n) is 5.40. The number of aromatic nitrogens is 4. The first-order valence-electron chi connectivity index (χ1n) is 9.41. The number of hydrogen-bond acceptors (Lipinski definition) is 4. The van der Waals surface area contributed by atoms with Crippen LogP contribution in [0, 0.1) is 6.92 Å². The van der Waals surface area contributed by atoms with Gasteiger partial charge in [-0.25, -0.2) is 9.50 Å². The van der Waals surface area contributed by atoms with Crippen LogP contribution in [0.3, 0.4) is 0 Å². The van der Waals surface area contributed by atoms with Gasteiger partial charge in [-0.1, -0.05) is 13.3 Å². The highest BCUT2D eigenvalue weighted by Crippen LogP contribution is 2.31. The van der Waals surface area contributed by atoms with Crippen LogP contribution in [0.25, 0.3) is 5.65 Å². The number of nitrogens with zero attached hydrogens (tertiary/aromatic N) is 4. The van der Waals surface area contributed by atoms with Crippen LogP contribution in [-0.2, 0) is 13.0 Å². The molecule has 26 heavy (non-hydrogen) atoms. The minimum absolute atomic E-state index is 0.0257. The van der Waals surface area contributed by atoms with Crippen molar-refractivity contribution in [2.75, 3.05) is 6.54 Å². The maximum Gasteiger partial charge on any atom is 0.276 e. The molecule has 0 amide bonds. The van der Waals surface area contributed by atoms with Crippen LogP contribution in [-0.4, -0.2) is 31.0 Å². The molecule has 1 aliphatic rings. The van der Waals surface area contributed by atoms with E-state index in [1.54, 1.807) is 4.52 Å². The molecule has 0 radical (unpaired) electrons. The third kappa shape index (κ3) is 3.05. The summed E-state index contributed by atoms with van der Waals surface area (Å²) in [6.07, 6.45) is 7.89. The minimum Gasteiger partial charge on any atom is -0.292 e. The highest BCUT2D eigenvalue weighted by Gasteiger charge is 2.26. The van der Waals surface area contributed by atoms with Crippen LogP contribution in [0.4, 0.5) is 0 Å². The molecule has 1 atom stereocenters. The maximum atomic E-state index is 12.7. The van der Waals surface area contributed by atoms with Crippen molar-refractivity contribution in [2.45, 2.75) is 52.1 Å². The summed E-state index contributed by atoms with van der Waals surface area (Å²) in [7, 11) is 0. The number of piperidine rings is 1. The molecule has 0 spiro atoms. The van der Waals surface area contributed by atoms with Crippen LogP contribution < -0.4 is 5.56 Å². The molecule has 3 aromatic heterocycles. The molecule has 0 saturated carbocycles. The molecule has 3 aromatic rings. The van der Waals surface area contributed by atoms with E-state index in [0.29, 0.717) is 12.1 Å². The predicted octanol–water partition coefficient (Wildman–Crippen LogP) is 3.02. The largest absolute Gasteiger partial charge is 0.292 e. The van der Waals surface area contributed by atoms with Gasteiger partial charge in [0.1, 0.15) is 0 Å². The molecule has 6 heteroatoms. The van der Waals surface area contributed by atoms with Gasteiger partial charge in [-0.2, -0.15) is 0 Å². The zero-order valence-corrected chi connectivity index (χ0v) is 15.4. The third-order valence-corrected chi connectivity index (χ3v) is 5.40. The number of likely N-dealkylation sites (tertiary alicyclic amines) is 1. The number of hydrogen-bond donors (Lipinski definition) is 1. The Hall–Kier alpha value is -2.47. The Morgan fingerprint density at radius 2 is 2.08 bits per heavy atom. The lowest BCUT2D eigenvalue weighted by atomic mass is 9.98. The normalized spacial score (nSPS) is 18.5. The summed E-state index contributed by atoms with van der Waals surface area (Å²) in [6, 6.07) is 6.46. The highest BCUT2D eigenvalue weighted by molar-refractivity contribution is 5.42. The zero-order chi connectivity index (χ0) is 18.1. The van der Waals surface area contributed by atoms with Gasteiger partial charge in [0.15, 0.2) is 5.65 Å². The summed E-state index contributed by atoms with van der Waals surface area (Å²) >= 11 is 0. The number of fused-ring (bicyclic) bond motifs is 1. The van der Waals surface area contributed by atoms with Crippen molar-refractivity contribution in [1.29, 1.82) is 0 Å². The summed E-state index contributed by atoms with van der Waals surface area (Å²) in [5, 5.41) is 3.34. The van der Waals surface area contributed by atoms with E-state index in [1.165, 1.54) is 18.4 Å². The van der Waals surface area contributed by atoms with Crippen LogP contribution in [0.2, 0.25) is 0 Å². The summed E-state index contributed by atoms with van der Waals surface area (Å²) in [5.41, 5.74) is 4.71. The number of nitrogens with one attached hydrogen (secondary N) is 1. The molecule has 4 heterocycles. The van der Waals surface area contributed by atoms with Crippen molar-refractivity contribution >= 4 is 5.65 Å². The summed E-state index contributed by atoms with van der Waals surface area (Å²) in [5.74, 6) is 0. The average Bonchev–Trinajstić information content (AvgIpc) is 3.07. The van der Waals surface area contributed by atoms with Gasteiger partial charge in [0.05, 0.1) is 11.7 Å². The molecule has 6 nitrogen and oxygen atoms in total. The quantitative estimate of drug-likeness (QED) is 0.785. The molecule has 1 fully saturated rings.